The minimum atomic E-state index is -3.89. The first-order valence-corrected chi connectivity index (χ1v) is 8.22. The Morgan fingerprint density at radius 2 is 2.05 bits per heavy atom. The van der Waals surface area contributed by atoms with Crippen LogP contribution in [0.15, 0.2) is 21.5 Å². The van der Waals surface area contributed by atoms with Gasteiger partial charge in [-0.05, 0) is 40.9 Å². The summed E-state index contributed by atoms with van der Waals surface area (Å²) in [5.41, 5.74) is 0.134. The summed E-state index contributed by atoms with van der Waals surface area (Å²) in [5.74, 6) is -0.307. The van der Waals surface area contributed by atoms with Crippen LogP contribution in [-0.2, 0) is 10.0 Å². The molecule has 8 heteroatoms. The highest BCUT2D eigenvalue weighted by Gasteiger charge is 2.31. The van der Waals surface area contributed by atoms with Crippen LogP contribution in [0.25, 0.3) is 0 Å². The zero-order chi connectivity index (χ0) is 14.4. The van der Waals surface area contributed by atoms with E-state index in [0.717, 1.165) is 12.8 Å². The maximum absolute atomic E-state index is 12.3. The lowest BCUT2D eigenvalue weighted by Gasteiger charge is -2.18. The topological polar surface area (TPSA) is 80.5 Å². The van der Waals surface area contributed by atoms with Crippen LogP contribution in [0, 0.1) is 0 Å². The summed E-state index contributed by atoms with van der Waals surface area (Å²) in [6.07, 6.45) is 1.91. The van der Waals surface area contributed by atoms with Crippen LogP contribution in [0.3, 0.4) is 0 Å². The first-order chi connectivity index (χ1) is 8.71. The van der Waals surface area contributed by atoms with Crippen molar-refractivity contribution in [2.45, 2.75) is 23.8 Å². The van der Waals surface area contributed by atoms with Gasteiger partial charge in [-0.25, -0.2) is 13.6 Å². The van der Waals surface area contributed by atoms with E-state index in [9.17, 15) is 13.2 Å². The number of amides is 1. The third-order valence-corrected chi connectivity index (χ3v) is 5.13. The summed E-state index contributed by atoms with van der Waals surface area (Å²) in [5, 5.41) is 5.26. The maximum atomic E-state index is 12.3. The van der Waals surface area contributed by atoms with Gasteiger partial charge in [-0.15, -0.1) is 0 Å². The summed E-state index contributed by atoms with van der Waals surface area (Å²) in [4.78, 5) is 13.7. The Balaban J connectivity index is 2.49. The van der Waals surface area contributed by atoms with E-state index in [4.69, 9.17) is 16.7 Å². The lowest BCUT2D eigenvalue weighted by molar-refractivity contribution is 0.0785. The Labute approximate surface area is 124 Å². The molecular weight excluding hydrogens is 356 g/mol. The molecule has 5 nitrogen and oxygen atoms in total. The van der Waals surface area contributed by atoms with Gasteiger partial charge in [0.15, 0.2) is 0 Å². The molecular formula is C11H12BrClN2O3S. The molecule has 0 atom stereocenters. The summed E-state index contributed by atoms with van der Waals surface area (Å²) in [6, 6.07) is 2.70. The van der Waals surface area contributed by atoms with Crippen molar-refractivity contribution >= 4 is 43.5 Å². The van der Waals surface area contributed by atoms with E-state index in [1.165, 1.54) is 12.1 Å². The number of primary sulfonamides is 1. The lowest BCUT2D eigenvalue weighted by atomic mass is 10.2. The van der Waals surface area contributed by atoms with E-state index in [1.807, 2.05) is 0 Å². The predicted octanol–water partition coefficient (Wildman–Crippen LogP) is 1.98. The molecule has 1 aromatic rings. The van der Waals surface area contributed by atoms with E-state index >= 15 is 0 Å². The van der Waals surface area contributed by atoms with Gasteiger partial charge >= 0.3 is 0 Å². The maximum Gasteiger partial charge on any atom is 0.255 e. The van der Waals surface area contributed by atoms with Crippen LogP contribution in [0.1, 0.15) is 23.2 Å². The summed E-state index contributed by atoms with van der Waals surface area (Å²) < 4.78 is 23.1. The minimum Gasteiger partial charge on any atom is -0.339 e. The molecule has 2 N–H and O–H groups in total. The molecule has 0 aromatic heterocycles. The number of hydrogen-bond acceptors (Lipinski definition) is 3. The molecule has 1 saturated carbocycles. The third-order valence-electron chi connectivity index (χ3n) is 2.98. The summed E-state index contributed by atoms with van der Waals surface area (Å²) >= 11 is 9.19. The van der Waals surface area contributed by atoms with E-state index in [1.54, 1.807) is 11.9 Å². The Morgan fingerprint density at radius 3 is 2.53 bits per heavy atom. The molecule has 1 aliphatic carbocycles. The van der Waals surface area contributed by atoms with Crippen LogP contribution in [0.2, 0.25) is 5.02 Å². The number of carbonyl (C=O) groups is 1. The normalized spacial score (nSPS) is 15.4. The molecule has 0 unspecified atom stereocenters. The Bertz CT molecular complexity index is 644. The fourth-order valence-electron chi connectivity index (χ4n) is 1.70. The zero-order valence-electron chi connectivity index (χ0n) is 10.1. The SMILES string of the molecule is CN(C(=O)c1cc(S(N)(=O)=O)cc(Br)c1Cl)C1CC1. The van der Waals surface area contributed by atoms with Crippen molar-refractivity contribution in [2.24, 2.45) is 5.14 Å². The minimum absolute atomic E-state index is 0.134. The predicted molar refractivity (Wildman–Crippen MR) is 75.6 cm³/mol. The third kappa shape index (κ3) is 3.10. The Morgan fingerprint density at radius 1 is 1.47 bits per heavy atom. The van der Waals surface area contributed by atoms with E-state index < -0.39 is 10.0 Å². The van der Waals surface area contributed by atoms with Gasteiger partial charge in [0, 0.05) is 17.6 Å². The monoisotopic (exact) mass is 366 g/mol. The number of halogens is 2. The van der Waals surface area contributed by atoms with Crippen LogP contribution in [-0.4, -0.2) is 32.3 Å². The number of rotatable bonds is 3. The standard InChI is InChI=1S/C11H12BrClN2O3S/c1-15(6-2-3-6)11(16)8-4-7(19(14,17)18)5-9(12)10(8)13/h4-6H,2-3H2,1H3,(H2,14,17,18). The average molecular weight is 368 g/mol. The van der Waals surface area contributed by atoms with Crippen molar-refractivity contribution in [3.63, 3.8) is 0 Å². The molecule has 19 heavy (non-hydrogen) atoms. The van der Waals surface area contributed by atoms with Gasteiger partial charge in [0.25, 0.3) is 5.91 Å². The largest absolute Gasteiger partial charge is 0.339 e. The Kier molecular flexibility index (Phi) is 3.92. The summed E-state index contributed by atoms with van der Waals surface area (Å²) in [6.45, 7) is 0. The number of sulfonamides is 1. The number of carbonyl (C=O) groups excluding carboxylic acids is 1. The highest BCUT2D eigenvalue weighted by atomic mass is 79.9. The molecule has 1 fully saturated rings. The van der Waals surface area contributed by atoms with Gasteiger partial charge in [0.2, 0.25) is 10.0 Å². The zero-order valence-corrected chi connectivity index (χ0v) is 13.2. The van der Waals surface area contributed by atoms with Crippen molar-refractivity contribution < 1.29 is 13.2 Å². The number of benzene rings is 1. The van der Waals surface area contributed by atoms with E-state index in [2.05, 4.69) is 15.9 Å². The van der Waals surface area contributed by atoms with Crippen molar-refractivity contribution in [3.8, 4) is 0 Å². The van der Waals surface area contributed by atoms with Gasteiger partial charge < -0.3 is 4.90 Å². The highest BCUT2D eigenvalue weighted by Crippen LogP contribution is 2.33. The molecule has 0 spiro atoms. The second-order valence-electron chi connectivity index (χ2n) is 4.46. The second kappa shape index (κ2) is 5.05. The Hall–Kier alpha value is -0.630. The molecule has 104 valence electrons. The first kappa shape index (κ1) is 14.8. The fourth-order valence-corrected chi connectivity index (χ4v) is 3.07. The van der Waals surface area contributed by atoms with Crippen LogP contribution < -0.4 is 5.14 Å². The van der Waals surface area contributed by atoms with Crippen LogP contribution in [0.4, 0.5) is 0 Å². The molecule has 0 aliphatic heterocycles. The van der Waals surface area contributed by atoms with Gasteiger partial charge in [0.1, 0.15) is 0 Å². The lowest BCUT2D eigenvalue weighted by Crippen LogP contribution is -2.29. The van der Waals surface area contributed by atoms with E-state index in [0.29, 0.717) is 4.47 Å². The molecule has 0 bridgehead atoms. The van der Waals surface area contributed by atoms with Gasteiger partial charge in [-0.1, -0.05) is 11.6 Å². The molecule has 2 rings (SSSR count). The molecule has 1 amide bonds. The molecule has 1 aliphatic rings. The van der Waals surface area contributed by atoms with Crippen LogP contribution in [0.5, 0.6) is 0 Å². The quantitative estimate of drug-likeness (QED) is 0.887. The number of nitrogens with two attached hydrogens (primary N) is 1. The molecule has 1 aromatic carbocycles. The van der Waals surface area contributed by atoms with Crippen molar-refractivity contribution in [1.29, 1.82) is 0 Å². The second-order valence-corrected chi connectivity index (χ2v) is 7.25. The van der Waals surface area contributed by atoms with Gasteiger partial charge in [-0.2, -0.15) is 0 Å². The molecule has 0 heterocycles. The number of hydrogen-bond donors (Lipinski definition) is 1. The van der Waals surface area contributed by atoms with Crippen molar-refractivity contribution in [3.05, 3.63) is 27.2 Å². The van der Waals surface area contributed by atoms with Crippen molar-refractivity contribution in [2.75, 3.05) is 7.05 Å². The van der Waals surface area contributed by atoms with Gasteiger partial charge in [-0.3, -0.25) is 4.79 Å². The molecule has 0 saturated heterocycles. The van der Waals surface area contributed by atoms with Crippen LogP contribution >= 0.6 is 27.5 Å². The van der Waals surface area contributed by atoms with E-state index in [-0.39, 0.29) is 27.4 Å². The first-order valence-electron chi connectivity index (χ1n) is 5.51. The van der Waals surface area contributed by atoms with Crippen molar-refractivity contribution in [1.82, 2.24) is 4.90 Å². The summed E-state index contributed by atoms with van der Waals surface area (Å²) in [7, 11) is -2.21. The highest BCUT2D eigenvalue weighted by molar-refractivity contribution is 9.10. The fraction of sp³-hybridized carbons (Fsp3) is 0.364. The molecule has 0 radical (unpaired) electrons. The number of nitrogens with zero attached hydrogens (tertiary/aromatic N) is 1. The average Bonchev–Trinajstić information content (AvgIpc) is 3.13. The van der Waals surface area contributed by atoms with Gasteiger partial charge in [0.05, 0.1) is 15.5 Å². The smallest absolute Gasteiger partial charge is 0.255 e.